The van der Waals surface area contributed by atoms with E-state index in [0.717, 1.165) is 44.0 Å². The number of hydrazine groups is 1. The number of anilines is 1. The monoisotopic (exact) mass is 505 g/mol. The highest BCUT2D eigenvalue weighted by atomic mass is 19.1. The number of nitrogens with one attached hydrogen (secondary N) is 2. The molecule has 8 nitrogen and oxygen atoms in total. The third-order valence-electron chi connectivity index (χ3n) is 6.77. The van der Waals surface area contributed by atoms with Gasteiger partial charge in [0, 0.05) is 75.2 Å². The van der Waals surface area contributed by atoms with Gasteiger partial charge in [0.05, 0.1) is 18.3 Å². The molecule has 1 unspecified atom stereocenters. The molecule has 9 heteroatoms. The number of amides is 1. The number of carbonyl (C=O) groups is 1. The SMILES string of the molecule is Cc1cc(C(=O)Nc2ccc(F)c(C(C)N=CC=NC3=CNN(C)C3)c2)ccc1CN1CCN(C)CC1. The Labute approximate surface area is 218 Å². The van der Waals surface area contributed by atoms with Crippen molar-refractivity contribution in [1.29, 1.82) is 0 Å². The molecular weight excluding hydrogens is 469 g/mol. The quantitative estimate of drug-likeness (QED) is 0.536. The summed E-state index contributed by atoms with van der Waals surface area (Å²) in [7, 11) is 4.07. The highest BCUT2D eigenvalue weighted by Crippen LogP contribution is 2.24. The number of benzene rings is 2. The number of likely N-dealkylation sites (N-methyl/N-ethyl adjacent to an activating group) is 2. The Balaban J connectivity index is 1.37. The van der Waals surface area contributed by atoms with Crippen molar-refractivity contribution in [3.05, 3.63) is 76.4 Å². The van der Waals surface area contributed by atoms with Crippen LogP contribution < -0.4 is 10.7 Å². The lowest BCUT2D eigenvalue weighted by Gasteiger charge is -2.32. The van der Waals surface area contributed by atoms with Crippen LogP contribution in [-0.2, 0) is 6.54 Å². The Bertz CT molecular complexity index is 1200. The highest BCUT2D eigenvalue weighted by Gasteiger charge is 2.16. The molecule has 0 spiro atoms. The van der Waals surface area contributed by atoms with Crippen LogP contribution in [0.25, 0.3) is 0 Å². The van der Waals surface area contributed by atoms with Crippen LogP contribution >= 0.6 is 0 Å². The fourth-order valence-electron chi connectivity index (χ4n) is 4.38. The van der Waals surface area contributed by atoms with Gasteiger partial charge in [0.2, 0.25) is 0 Å². The molecular formula is C28H36FN7O. The summed E-state index contributed by atoms with van der Waals surface area (Å²) < 4.78 is 14.5. The van der Waals surface area contributed by atoms with Crippen LogP contribution in [0.5, 0.6) is 0 Å². The van der Waals surface area contributed by atoms with E-state index in [-0.39, 0.29) is 11.7 Å². The minimum atomic E-state index is -0.433. The third kappa shape index (κ3) is 7.31. The van der Waals surface area contributed by atoms with Crippen LogP contribution in [0.1, 0.15) is 40.0 Å². The van der Waals surface area contributed by atoms with Gasteiger partial charge in [0.1, 0.15) is 5.82 Å². The topological polar surface area (TPSA) is 75.6 Å². The lowest BCUT2D eigenvalue weighted by atomic mass is 10.0. The number of halogens is 1. The van der Waals surface area contributed by atoms with Gasteiger partial charge in [0.25, 0.3) is 5.91 Å². The summed E-state index contributed by atoms with van der Waals surface area (Å²) in [6.45, 7) is 9.68. The molecule has 1 atom stereocenters. The second kappa shape index (κ2) is 12.2. The zero-order valence-electron chi connectivity index (χ0n) is 22.0. The Morgan fingerprint density at radius 3 is 2.62 bits per heavy atom. The van der Waals surface area contributed by atoms with Crippen molar-refractivity contribution in [1.82, 2.24) is 20.2 Å². The van der Waals surface area contributed by atoms with Gasteiger partial charge in [-0.05, 0) is 62.4 Å². The average Bonchev–Trinajstić information content (AvgIpc) is 3.30. The van der Waals surface area contributed by atoms with Crippen LogP contribution in [0.4, 0.5) is 10.1 Å². The summed E-state index contributed by atoms with van der Waals surface area (Å²) in [5.74, 6) is -0.591. The molecule has 37 heavy (non-hydrogen) atoms. The molecule has 0 aromatic heterocycles. The van der Waals surface area contributed by atoms with Crippen molar-refractivity contribution >= 4 is 24.0 Å². The first-order valence-electron chi connectivity index (χ1n) is 12.6. The number of nitrogens with zero attached hydrogens (tertiary/aromatic N) is 5. The molecule has 1 saturated heterocycles. The molecule has 2 aromatic rings. The van der Waals surface area contributed by atoms with Crippen molar-refractivity contribution in [3.63, 3.8) is 0 Å². The molecule has 2 aliphatic rings. The van der Waals surface area contributed by atoms with E-state index in [2.05, 4.69) is 37.6 Å². The number of aryl methyl sites for hydroxylation is 1. The number of aliphatic imine (C=N–C) groups is 2. The second-order valence-electron chi connectivity index (χ2n) is 9.78. The molecule has 4 rings (SSSR count). The number of rotatable bonds is 8. The van der Waals surface area contributed by atoms with Gasteiger partial charge >= 0.3 is 0 Å². The van der Waals surface area contributed by atoms with Gasteiger partial charge in [-0.15, -0.1) is 0 Å². The minimum Gasteiger partial charge on any atom is -0.324 e. The number of carbonyl (C=O) groups excluding carboxylic acids is 1. The molecule has 0 saturated carbocycles. The number of hydrogen-bond acceptors (Lipinski definition) is 7. The van der Waals surface area contributed by atoms with E-state index in [1.54, 1.807) is 31.5 Å². The van der Waals surface area contributed by atoms with E-state index in [1.165, 1.54) is 11.6 Å². The molecule has 2 aromatic carbocycles. The zero-order valence-corrected chi connectivity index (χ0v) is 22.0. The van der Waals surface area contributed by atoms with Crippen LogP contribution in [-0.4, -0.2) is 80.0 Å². The average molecular weight is 506 g/mol. The maximum atomic E-state index is 14.5. The molecule has 0 aliphatic carbocycles. The van der Waals surface area contributed by atoms with Gasteiger partial charge in [-0.3, -0.25) is 19.7 Å². The Kier molecular flexibility index (Phi) is 8.81. The summed E-state index contributed by atoms with van der Waals surface area (Å²) in [4.78, 5) is 26.5. The smallest absolute Gasteiger partial charge is 0.255 e. The molecule has 196 valence electrons. The van der Waals surface area contributed by atoms with Crippen LogP contribution in [0, 0.1) is 12.7 Å². The normalized spacial score (nSPS) is 18.4. The minimum absolute atomic E-state index is 0.224. The maximum Gasteiger partial charge on any atom is 0.255 e. The van der Waals surface area contributed by atoms with Crippen molar-refractivity contribution in [2.45, 2.75) is 26.4 Å². The third-order valence-corrected chi connectivity index (χ3v) is 6.77. The highest BCUT2D eigenvalue weighted by molar-refractivity contribution is 6.16. The van der Waals surface area contributed by atoms with Crippen molar-refractivity contribution in [2.24, 2.45) is 9.98 Å². The molecule has 2 aliphatic heterocycles. The summed E-state index contributed by atoms with van der Waals surface area (Å²) in [6, 6.07) is 9.95. The van der Waals surface area contributed by atoms with Gasteiger partial charge in [-0.25, -0.2) is 9.40 Å². The second-order valence-corrected chi connectivity index (χ2v) is 9.78. The maximum absolute atomic E-state index is 14.5. The Hall–Kier alpha value is -3.40. The largest absolute Gasteiger partial charge is 0.324 e. The summed E-state index contributed by atoms with van der Waals surface area (Å²) in [5, 5.41) is 4.81. The lowest BCUT2D eigenvalue weighted by Crippen LogP contribution is -2.43. The van der Waals surface area contributed by atoms with E-state index in [0.29, 0.717) is 23.4 Å². The molecule has 1 amide bonds. The van der Waals surface area contributed by atoms with Gasteiger partial charge in [0.15, 0.2) is 0 Å². The van der Waals surface area contributed by atoms with E-state index in [9.17, 15) is 9.18 Å². The predicted molar refractivity (Wildman–Crippen MR) is 148 cm³/mol. The zero-order chi connectivity index (χ0) is 26.4. The van der Waals surface area contributed by atoms with E-state index >= 15 is 0 Å². The van der Waals surface area contributed by atoms with Crippen LogP contribution in [0.15, 0.2) is 58.3 Å². The number of hydrogen-bond donors (Lipinski definition) is 2. The lowest BCUT2D eigenvalue weighted by molar-refractivity contribution is 0.102. The Morgan fingerprint density at radius 1 is 1.14 bits per heavy atom. The van der Waals surface area contributed by atoms with Crippen molar-refractivity contribution in [2.75, 3.05) is 52.1 Å². The van der Waals surface area contributed by atoms with Gasteiger partial charge < -0.3 is 15.6 Å². The standard InChI is InChI=1S/C28H36FN7O/c1-20-15-22(5-6-23(20)18-36-13-11-34(3)12-14-36)28(37)33-24-7-8-27(29)26(16-24)21(2)30-9-10-31-25-17-32-35(4)19-25/h5-10,15-17,21,32H,11-14,18-19H2,1-4H3,(H,33,37). The molecule has 0 radical (unpaired) electrons. The van der Waals surface area contributed by atoms with Gasteiger partial charge in [-0.1, -0.05) is 6.07 Å². The number of piperazine rings is 1. The fraction of sp³-hybridized carbons (Fsp3) is 0.393. The van der Waals surface area contributed by atoms with Crippen LogP contribution in [0.2, 0.25) is 0 Å². The van der Waals surface area contributed by atoms with E-state index in [1.807, 2.05) is 43.4 Å². The first-order chi connectivity index (χ1) is 17.8. The molecule has 1 fully saturated rings. The van der Waals surface area contributed by atoms with Crippen LogP contribution in [0.3, 0.4) is 0 Å². The van der Waals surface area contributed by atoms with Crippen molar-refractivity contribution < 1.29 is 9.18 Å². The summed E-state index contributed by atoms with van der Waals surface area (Å²) in [6.07, 6.45) is 4.99. The summed E-state index contributed by atoms with van der Waals surface area (Å²) in [5.41, 5.74) is 7.76. The van der Waals surface area contributed by atoms with Gasteiger partial charge in [-0.2, -0.15) is 0 Å². The van der Waals surface area contributed by atoms with E-state index in [4.69, 9.17) is 0 Å². The molecule has 2 heterocycles. The Morgan fingerprint density at radius 2 is 1.92 bits per heavy atom. The first kappa shape index (κ1) is 26.7. The predicted octanol–water partition coefficient (Wildman–Crippen LogP) is 3.63. The molecule has 2 N–H and O–H groups in total. The summed E-state index contributed by atoms with van der Waals surface area (Å²) >= 11 is 0. The first-order valence-corrected chi connectivity index (χ1v) is 12.6. The molecule has 0 bridgehead atoms. The fourth-order valence-corrected chi connectivity index (χ4v) is 4.38. The van der Waals surface area contributed by atoms with E-state index < -0.39 is 6.04 Å². The van der Waals surface area contributed by atoms with Crippen molar-refractivity contribution in [3.8, 4) is 0 Å².